The number of nitrogens with one attached hydrogen (secondary N) is 1. The molecule has 2 fully saturated rings. The summed E-state index contributed by atoms with van der Waals surface area (Å²) >= 11 is 12.4. The van der Waals surface area contributed by atoms with Gasteiger partial charge in [-0.3, -0.25) is 0 Å². The normalized spacial score (nSPS) is 22.1. The van der Waals surface area contributed by atoms with Crippen LogP contribution in [0.4, 0.5) is 0 Å². The Labute approximate surface area is 224 Å². The number of nitrogens with zero attached hydrogens (tertiary/aromatic N) is 1. The van der Waals surface area contributed by atoms with Crippen molar-refractivity contribution in [1.29, 1.82) is 0 Å². The molecule has 2 N–H and O–H groups in total. The minimum Gasteiger partial charge on any atom is -0.385 e. The van der Waals surface area contributed by atoms with Crippen molar-refractivity contribution in [2.75, 3.05) is 40.4 Å². The Morgan fingerprint density at radius 3 is 2.74 bits per heavy atom. The number of likely N-dealkylation sites (tertiary alicyclic amines) is 1. The van der Waals surface area contributed by atoms with Crippen molar-refractivity contribution in [3.8, 4) is 0 Å². The first kappa shape index (κ1) is 28.8. The van der Waals surface area contributed by atoms with E-state index in [4.69, 9.17) is 28.6 Å². The monoisotopic (exact) mass is 522 g/mol. The third kappa shape index (κ3) is 8.67. The summed E-state index contributed by atoms with van der Waals surface area (Å²) < 4.78 is 5.25. The van der Waals surface area contributed by atoms with Crippen molar-refractivity contribution in [3.63, 3.8) is 0 Å². The van der Waals surface area contributed by atoms with Gasteiger partial charge >= 0.3 is 0 Å². The van der Waals surface area contributed by atoms with Crippen LogP contribution in [0.15, 0.2) is 24.3 Å². The number of unbranched alkanes of at least 4 members (excludes halogenated alkanes) is 1. The predicted molar refractivity (Wildman–Crippen MR) is 151 cm³/mol. The average Bonchev–Trinajstić information content (AvgIpc) is 2.87. The first-order valence-electron chi connectivity index (χ1n) is 13.9. The Bertz CT molecular complexity index is 773. The summed E-state index contributed by atoms with van der Waals surface area (Å²) in [5.74, 6) is 1.59. The van der Waals surface area contributed by atoms with Gasteiger partial charge in [0.2, 0.25) is 0 Å². The molecule has 0 radical (unpaired) electrons. The lowest BCUT2D eigenvalue weighted by atomic mass is 9.74. The van der Waals surface area contributed by atoms with Gasteiger partial charge < -0.3 is 20.1 Å². The van der Waals surface area contributed by atoms with E-state index in [2.05, 4.69) is 17.3 Å². The van der Waals surface area contributed by atoms with Gasteiger partial charge in [-0.05, 0) is 81.6 Å². The topological polar surface area (TPSA) is 44.7 Å². The molecule has 0 unspecified atom stereocenters. The largest absolute Gasteiger partial charge is 0.385 e. The SMILES string of the molecule is CNC[C@@H](CC(=S)N1CCC[C@@H]([C@@](O)(CCCCOC)c2cccc(Cl)c2)C1)CC1CCCCC1. The van der Waals surface area contributed by atoms with Crippen molar-refractivity contribution >= 4 is 28.8 Å². The maximum atomic E-state index is 12.1. The Hall–Kier alpha value is -0.720. The van der Waals surface area contributed by atoms with Crippen LogP contribution in [0, 0.1) is 17.8 Å². The molecule has 3 rings (SSSR count). The van der Waals surface area contributed by atoms with Crippen LogP contribution in [-0.2, 0) is 10.3 Å². The molecule has 0 bridgehead atoms. The molecule has 1 saturated carbocycles. The first-order valence-corrected chi connectivity index (χ1v) is 14.6. The Kier molecular flexibility index (Phi) is 12.3. The molecule has 1 aliphatic carbocycles. The molecule has 0 aromatic heterocycles. The molecular weight excluding hydrogens is 476 g/mol. The molecule has 1 aliphatic heterocycles. The molecular formula is C29H47ClN2O2S. The second-order valence-corrected chi connectivity index (χ2v) is 11.8. The van der Waals surface area contributed by atoms with E-state index in [1.807, 2.05) is 24.3 Å². The highest BCUT2D eigenvalue weighted by Gasteiger charge is 2.41. The summed E-state index contributed by atoms with van der Waals surface area (Å²) in [6.45, 7) is 3.57. The number of methoxy groups -OCH3 is 1. The second kappa shape index (κ2) is 14.9. The van der Waals surface area contributed by atoms with Gasteiger partial charge in [0.05, 0.1) is 10.6 Å². The highest BCUT2D eigenvalue weighted by molar-refractivity contribution is 7.80. The minimum absolute atomic E-state index is 0.135. The summed E-state index contributed by atoms with van der Waals surface area (Å²) in [6.07, 6.45) is 13.9. The lowest BCUT2D eigenvalue weighted by molar-refractivity contribution is -0.0539. The van der Waals surface area contributed by atoms with E-state index in [0.717, 1.165) is 74.8 Å². The predicted octanol–water partition coefficient (Wildman–Crippen LogP) is 6.58. The van der Waals surface area contributed by atoms with Gasteiger partial charge in [-0.25, -0.2) is 0 Å². The zero-order chi connectivity index (χ0) is 25.1. The molecule has 4 nitrogen and oxygen atoms in total. The summed E-state index contributed by atoms with van der Waals surface area (Å²) in [7, 11) is 3.79. The van der Waals surface area contributed by atoms with Gasteiger partial charge in [0.15, 0.2) is 0 Å². The number of rotatable bonds is 13. The van der Waals surface area contributed by atoms with Crippen LogP contribution in [0.2, 0.25) is 5.02 Å². The Morgan fingerprint density at radius 2 is 2.03 bits per heavy atom. The third-order valence-electron chi connectivity index (χ3n) is 8.28. The summed E-state index contributed by atoms with van der Waals surface area (Å²) in [5.41, 5.74) is 0.0323. The van der Waals surface area contributed by atoms with Gasteiger partial charge in [0.25, 0.3) is 0 Å². The molecule has 198 valence electrons. The van der Waals surface area contributed by atoms with Crippen LogP contribution in [0.3, 0.4) is 0 Å². The number of benzene rings is 1. The molecule has 2 aliphatic rings. The van der Waals surface area contributed by atoms with E-state index in [1.54, 1.807) is 7.11 Å². The van der Waals surface area contributed by atoms with Crippen LogP contribution >= 0.6 is 23.8 Å². The van der Waals surface area contributed by atoms with Crippen LogP contribution in [0.1, 0.15) is 82.6 Å². The van der Waals surface area contributed by atoms with E-state index in [1.165, 1.54) is 38.5 Å². The lowest BCUT2D eigenvalue weighted by Gasteiger charge is -2.44. The summed E-state index contributed by atoms with van der Waals surface area (Å²) in [6, 6.07) is 7.82. The summed E-state index contributed by atoms with van der Waals surface area (Å²) in [5, 5.41) is 16.2. The van der Waals surface area contributed by atoms with E-state index >= 15 is 0 Å². The zero-order valence-electron chi connectivity index (χ0n) is 21.9. The number of ether oxygens (including phenoxy) is 1. The quantitative estimate of drug-likeness (QED) is 0.226. The number of thiocarbonyl (C=S) groups is 1. The van der Waals surface area contributed by atoms with E-state index in [0.29, 0.717) is 17.4 Å². The maximum absolute atomic E-state index is 12.1. The van der Waals surface area contributed by atoms with Crippen molar-refractivity contribution in [3.05, 3.63) is 34.9 Å². The van der Waals surface area contributed by atoms with Gasteiger partial charge in [0.1, 0.15) is 0 Å². The summed E-state index contributed by atoms with van der Waals surface area (Å²) in [4.78, 5) is 3.48. The van der Waals surface area contributed by atoms with E-state index < -0.39 is 5.60 Å². The first-order chi connectivity index (χ1) is 17.0. The van der Waals surface area contributed by atoms with Crippen LogP contribution in [0.25, 0.3) is 0 Å². The van der Waals surface area contributed by atoms with Gasteiger partial charge in [-0.15, -0.1) is 0 Å². The third-order valence-corrected chi connectivity index (χ3v) is 8.94. The van der Waals surface area contributed by atoms with Crippen molar-refractivity contribution in [2.45, 2.75) is 82.7 Å². The second-order valence-electron chi connectivity index (χ2n) is 10.9. The van der Waals surface area contributed by atoms with Gasteiger partial charge in [-0.1, -0.05) is 68.1 Å². The van der Waals surface area contributed by atoms with Gasteiger partial charge in [-0.2, -0.15) is 0 Å². The number of hydrogen-bond donors (Lipinski definition) is 2. The Morgan fingerprint density at radius 1 is 1.23 bits per heavy atom. The minimum atomic E-state index is -0.903. The lowest BCUT2D eigenvalue weighted by Crippen LogP contribution is -2.48. The fraction of sp³-hybridized carbons (Fsp3) is 0.759. The molecule has 1 saturated heterocycles. The maximum Gasteiger partial charge on any atom is 0.0941 e. The van der Waals surface area contributed by atoms with Crippen LogP contribution < -0.4 is 5.32 Å². The molecule has 1 aromatic rings. The molecule has 0 amide bonds. The highest BCUT2D eigenvalue weighted by Crippen LogP contribution is 2.41. The fourth-order valence-corrected chi connectivity index (χ4v) is 6.97. The van der Waals surface area contributed by atoms with Crippen molar-refractivity contribution in [1.82, 2.24) is 10.2 Å². The van der Waals surface area contributed by atoms with Crippen LogP contribution in [0.5, 0.6) is 0 Å². The molecule has 0 spiro atoms. The zero-order valence-corrected chi connectivity index (χ0v) is 23.5. The molecule has 6 heteroatoms. The molecule has 3 atom stereocenters. The number of piperidine rings is 1. The smallest absolute Gasteiger partial charge is 0.0941 e. The number of halogens is 1. The molecule has 35 heavy (non-hydrogen) atoms. The fourth-order valence-electron chi connectivity index (χ4n) is 6.37. The van der Waals surface area contributed by atoms with E-state index in [9.17, 15) is 5.11 Å². The molecule has 1 aromatic carbocycles. The molecule has 1 heterocycles. The number of hydrogen-bond acceptors (Lipinski definition) is 4. The van der Waals surface area contributed by atoms with Crippen molar-refractivity contribution < 1.29 is 9.84 Å². The average molecular weight is 523 g/mol. The Balaban J connectivity index is 1.67. The highest BCUT2D eigenvalue weighted by atomic mass is 35.5. The van der Waals surface area contributed by atoms with Crippen LogP contribution in [-0.4, -0.2) is 55.4 Å². The van der Waals surface area contributed by atoms with Gasteiger partial charge in [0, 0.05) is 44.2 Å². The standard InChI is InChI=1S/C29H47ClN2O2S/c1-31-21-24(18-23-10-4-3-5-11-23)19-28(35)32-16-9-13-26(22-32)29(33,15-6-7-17-34-2)25-12-8-14-27(30)20-25/h8,12,14,20,23-24,26,31,33H,3-7,9-11,13,15-19,21-22H2,1-2H3/t24-,26-,29-/m1/s1. The number of aliphatic hydroxyl groups is 1. The van der Waals surface area contributed by atoms with Crippen molar-refractivity contribution in [2.24, 2.45) is 17.8 Å². The van der Waals surface area contributed by atoms with E-state index in [-0.39, 0.29) is 5.92 Å².